The SMILES string of the molecule is Cc1ncncc1-c1ccc(C(CO)NC(=O)[C@@H]2CCCN2C(=O)[C@@H](N=C/C(=N\N)C(C)(C)C)C(C)C)cc1. The Bertz CT molecular complexity index is 1200. The molecule has 1 saturated heterocycles. The number of nitrogens with one attached hydrogen (secondary N) is 1. The lowest BCUT2D eigenvalue weighted by Crippen LogP contribution is -2.50. The summed E-state index contributed by atoms with van der Waals surface area (Å²) in [7, 11) is 0. The van der Waals surface area contributed by atoms with Gasteiger partial charge in [0.25, 0.3) is 0 Å². The van der Waals surface area contributed by atoms with Gasteiger partial charge in [-0.3, -0.25) is 14.6 Å². The van der Waals surface area contributed by atoms with Gasteiger partial charge >= 0.3 is 0 Å². The van der Waals surface area contributed by atoms with Crippen molar-refractivity contribution in [2.24, 2.45) is 27.3 Å². The quantitative estimate of drug-likeness (QED) is 0.256. The highest BCUT2D eigenvalue weighted by molar-refractivity contribution is 6.32. The fraction of sp³-hybridized carbons (Fsp3) is 0.517. The lowest BCUT2D eigenvalue weighted by atomic mass is 9.90. The van der Waals surface area contributed by atoms with E-state index in [0.717, 1.165) is 22.4 Å². The highest BCUT2D eigenvalue weighted by Gasteiger charge is 2.38. The summed E-state index contributed by atoms with van der Waals surface area (Å²) in [5, 5.41) is 16.9. The van der Waals surface area contributed by atoms with Crippen molar-refractivity contribution in [3.8, 4) is 11.1 Å². The number of hydrogen-bond acceptors (Lipinski definition) is 8. The molecule has 0 saturated carbocycles. The van der Waals surface area contributed by atoms with Crippen LogP contribution in [0.4, 0.5) is 0 Å². The Kier molecular flexibility index (Phi) is 9.91. The molecule has 3 rings (SSSR count). The smallest absolute Gasteiger partial charge is 0.248 e. The molecule has 39 heavy (non-hydrogen) atoms. The number of aliphatic hydroxyl groups excluding tert-OH is 1. The molecule has 2 amide bonds. The summed E-state index contributed by atoms with van der Waals surface area (Å²) in [5.74, 6) is 4.98. The Morgan fingerprint density at radius 3 is 2.51 bits per heavy atom. The van der Waals surface area contributed by atoms with E-state index < -0.39 is 18.1 Å². The van der Waals surface area contributed by atoms with E-state index in [-0.39, 0.29) is 29.8 Å². The maximum Gasteiger partial charge on any atom is 0.248 e. The third-order valence-corrected chi connectivity index (χ3v) is 7.02. The lowest BCUT2D eigenvalue weighted by molar-refractivity contribution is -0.140. The predicted octanol–water partition coefficient (Wildman–Crippen LogP) is 3.05. The van der Waals surface area contributed by atoms with Crippen LogP contribution in [-0.2, 0) is 9.59 Å². The number of amides is 2. The monoisotopic (exact) mass is 535 g/mol. The molecule has 0 radical (unpaired) electrons. The number of nitrogens with two attached hydrogens (primary N) is 1. The van der Waals surface area contributed by atoms with Crippen molar-refractivity contribution in [2.75, 3.05) is 13.2 Å². The molecule has 2 heterocycles. The van der Waals surface area contributed by atoms with Crippen LogP contribution in [0.15, 0.2) is 46.9 Å². The normalized spacial score (nSPS) is 18.0. The first-order chi connectivity index (χ1) is 18.5. The van der Waals surface area contributed by atoms with E-state index in [1.54, 1.807) is 17.3 Å². The van der Waals surface area contributed by atoms with E-state index in [1.807, 2.05) is 65.8 Å². The summed E-state index contributed by atoms with van der Waals surface area (Å²) in [6.07, 6.45) is 6.10. The first-order valence-electron chi connectivity index (χ1n) is 13.4. The number of aliphatic imine (C=N–C) groups is 1. The van der Waals surface area contributed by atoms with Crippen molar-refractivity contribution in [2.45, 2.75) is 72.5 Å². The van der Waals surface area contributed by atoms with Gasteiger partial charge in [0.05, 0.1) is 18.4 Å². The molecule has 2 aromatic rings. The van der Waals surface area contributed by atoms with Gasteiger partial charge in [-0.2, -0.15) is 5.10 Å². The third-order valence-electron chi connectivity index (χ3n) is 7.02. The van der Waals surface area contributed by atoms with Gasteiger partial charge in [-0.25, -0.2) is 9.97 Å². The molecular weight excluding hydrogens is 494 g/mol. The molecule has 0 aliphatic carbocycles. The van der Waals surface area contributed by atoms with Crippen LogP contribution in [0.5, 0.6) is 0 Å². The Balaban J connectivity index is 1.74. The van der Waals surface area contributed by atoms with Crippen LogP contribution in [0.2, 0.25) is 0 Å². The molecule has 1 aromatic heterocycles. The number of rotatable bonds is 9. The molecule has 1 aliphatic heterocycles. The topological polar surface area (TPSA) is 146 Å². The summed E-state index contributed by atoms with van der Waals surface area (Å²) in [4.78, 5) is 41.4. The van der Waals surface area contributed by atoms with Gasteiger partial charge in [-0.05, 0) is 36.8 Å². The second-order valence-corrected chi connectivity index (χ2v) is 11.3. The fourth-order valence-electron chi connectivity index (χ4n) is 4.64. The van der Waals surface area contributed by atoms with Gasteiger partial charge in [0.2, 0.25) is 11.8 Å². The van der Waals surface area contributed by atoms with Crippen LogP contribution >= 0.6 is 0 Å². The van der Waals surface area contributed by atoms with E-state index in [9.17, 15) is 14.7 Å². The molecule has 1 aromatic carbocycles. The minimum absolute atomic E-state index is 0.0839. The van der Waals surface area contributed by atoms with E-state index >= 15 is 0 Å². The lowest BCUT2D eigenvalue weighted by Gasteiger charge is -2.29. The van der Waals surface area contributed by atoms with Crippen LogP contribution in [0, 0.1) is 18.3 Å². The zero-order valence-electron chi connectivity index (χ0n) is 23.8. The van der Waals surface area contributed by atoms with Crippen LogP contribution < -0.4 is 11.2 Å². The Morgan fingerprint density at radius 1 is 1.26 bits per heavy atom. The zero-order valence-corrected chi connectivity index (χ0v) is 23.8. The van der Waals surface area contributed by atoms with Crippen LogP contribution in [-0.4, -0.2) is 69.0 Å². The minimum Gasteiger partial charge on any atom is -0.394 e. The second kappa shape index (κ2) is 12.9. The maximum absolute atomic E-state index is 13.6. The van der Waals surface area contributed by atoms with Gasteiger partial charge in [-0.15, -0.1) is 0 Å². The van der Waals surface area contributed by atoms with Crippen LogP contribution in [0.3, 0.4) is 0 Å². The molecule has 4 N–H and O–H groups in total. The van der Waals surface area contributed by atoms with Crippen molar-refractivity contribution in [3.05, 3.63) is 48.0 Å². The average molecular weight is 536 g/mol. The average Bonchev–Trinajstić information content (AvgIpc) is 3.39. The molecule has 210 valence electrons. The van der Waals surface area contributed by atoms with Crippen LogP contribution in [0.25, 0.3) is 11.1 Å². The van der Waals surface area contributed by atoms with Crippen molar-refractivity contribution in [3.63, 3.8) is 0 Å². The number of hydrogen-bond donors (Lipinski definition) is 3. The maximum atomic E-state index is 13.6. The number of hydrazone groups is 1. The van der Waals surface area contributed by atoms with Gasteiger partial charge < -0.3 is 21.2 Å². The summed E-state index contributed by atoms with van der Waals surface area (Å²) in [5.41, 5.74) is 3.77. The first-order valence-corrected chi connectivity index (χ1v) is 13.4. The number of likely N-dealkylation sites (tertiary alicyclic amines) is 1. The number of aryl methyl sites for hydroxylation is 1. The predicted molar refractivity (Wildman–Crippen MR) is 153 cm³/mol. The van der Waals surface area contributed by atoms with Gasteiger partial charge in [0, 0.05) is 35.6 Å². The van der Waals surface area contributed by atoms with E-state index in [0.29, 0.717) is 25.1 Å². The van der Waals surface area contributed by atoms with Gasteiger partial charge in [0.1, 0.15) is 18.4 Å². The van der Waals surface area contributed by atoms with Crippen molar-refractivity contribution in [1.29, 1.82) is 0 Å². The second-order valence-electron chi connectivity index (χ2n) is 11.3. The minimum atomic E-state index is -0.663. The Hall–Kier alpha value is -3.66. The molecule has 1 unspecified atom stereocenters. The first kappa shape index (κ1) is 29.9. The molecule has 0 spiro atoms. The van der Waals surface area contributed by atoms with Gasteiger partial charge in [-0.1, -0.05) is 58.9 Å². The number of carbonyl (C=O) groups is 2. The van der Waals surface area contributed by atoms with Crippen molar-refractivity contribution >= 4 is 23.7 Å². The van der Waals surface area contributed by atoms with E-state index in [1.165, 1.54) is 6.33 Å². The molecule has 10 nitrogen and oxygen atoms in total. The molecule has 0 bridgehead atoms. The van der Waals surface area contributed by atoms with E-state index in [2.05, 4.69) is 25.4 Å². The third kappa shape index (κ3) is 7.26. The summed E-state index contributed by atoms with van der Waals surface area (Å²) in [6.45, 7) is 11.9. The molecule has 10 heteroatoms. The number of aromatic nitrogens is 2. The van der Waals surface area contributed by atoms with E-state index in [4.69, 9.17) is 5.84 Å². The fourth-order valence-corrected chi connectivity index (χ4v) is 4.64. The highest BCUT2D eigenvalue weighted by atomic mass is 16.3. The number of aliphatic hydroxyl groups is 1. The summed E-state index contributed by atoms with van der Waals surface area (Å²) >= 11 is 0. The van der Waals surface area contributed by atoms with Gasteiger partial charge in [0.15, 0.2) is 0 Å². The Morgan fingerprint density at radius 2 is 1.95 bits per heavy atom. The Labute approximate surface area is 230 Å². The molecular formula is C29H41N7O3. The molecule has 1 fully saturated rings. The summed E-state index contributed by atoms with van der Waals surface area (Å²) < 4.78 is 0. The zero-order chi connectivity index (χ0) is 28.7. The van der Waals surface area contributed by atoms with Crippen LogP contribution in [0.1, 0.15) is 64.8 Å². The largest absolute Gasteiger partial charge is 0.394 e. The number of carbonyl (C=O) groups excluding carboxylic acids is 2. The number of benzene rings is 1. The standard InChI is InChI=1S/C29H41N7O3/c1-18(2)26(32-15-25(35-30)29(4,5)6)28(39)36-13-7-8-24(36)27(38)34-23(16-37)21-11-9-20(10-12-21)22-14-31-17-33-19(22)3/h9-12,14-15,17-18,23-24,26,37H,7-8,13,16,30H2,1-6H3,(H,34,38)/b32-15?,35-25+/t23?,24-,26-/m0/s1. The van der Waals surface area contributed by atoms with Crippen molar-refractivity contribution in [1.82, 2.24) is 20.2 Å². The molecule has 1 aliphatic rings. The molecule has 3 atom stereocenters. The number of nitrogens with zero attached hydrogens (tertiary/aromatic N) is 5. The van der Waals surface area contributed by atoms with Crippen molar-refractivity contribution < 1.29 is 14.7 Å². The summed E-state index contributed by atoms with van der Waals surface area (Å²) in [6, 6.07) is 5.68. The highest BCUT2D eigenvalue weighted by Crippen LogP contribution is 2.25.